The molecule has 0 aromatic carbocycles. The first-order valence-corrected chi connectivity index (χ1v) is 6.73. The van der Waals surface area contributed by atoms with Crippen LogP contribution in [0, 0.1) is 0 Å². The fourth-order valence-corrected chi connectivity index (χ4v) is 1.61. The summed E-state index contributed by atoms with van der Waals surface area (Å²) >= 11 is 3.12. The standard InChI is InChI=1S/C12H17BrN2O3/c1-2-3-7-14-11(16)6-8-15-12(17)9-4-5-10(13)18-9/h4-5H,2-3,6-8H2,1H3,(H,14,16)(H,15,17). The van der Waals surface area contributed by atoms with Crippen molar-refractivity contribution in [2.45, 2.75) is 26.2 Å². The minimum absolute atomic E-state index is 0.0515. The summed E-state index contributed by atoms with van der Waals surface area (Å²) in [5.74, 6) is -0.139. The van der Waals surface area contributed by atoms with E-state index in [4.69, 9.17) is 4.42 Å². The van der Waals surface area contributed by atoms with Crippen LogP contribution in [0.3, 0.4) is 0 Å². The van der Waals surface area contributed by atoms with Gasteiger partial charge in [-0.25, -0.2) is 0 Å². The maximum atomic E-state index is 11.5. The van der Waals surface area contributed by atoms with E-state index in [-0.39, 0.29) is 24.0 Å². The van der Waals surface area contributed by atoms with Crippen molar-refractivity contribution in [2.75, 3.05) is 13.1 Å². The minimum atomic E-state index is -0.318. The molecule has 0 radical (unpaired) electrons. The molecule has 100 valence electrons. The highest BCUT2D eigenvalue weighted by Crippen LogP contribution is 2.13. The maximum Gasteiger partial charge on any atom is 0.287 e. The summed E-state index contributed by atoms with van der Waals surface area (Å²) in [6, 6.07) is 3.22. The summed E-state index contributed by atoms with van der Waals surface area (Å²) in [4.78, 5) is 22.9. The highest BCUT2D eigenvalue weighted by atomic mass is 79.9. The van der Waals surface area contributed by atoms with Crippen LogP contribution in [0.5, 0.6) is 0 Å². The van der Waals surface area contributed by atoms with Gasteiger partial charge in [-0.2, -0.15) is 0 Å². The second-order valence-corrected chi connectivity index (χ2v) is 4.59. The van der Waals surface area contributed by atoms with Crippen molar-refractivity contribution in [3.8, 4) is 0 Å². The highest BCUT2D eigenvalue weighted by molar-refractivity contribution is 9.10. The van der Waals surface area contributed by atoms with Gasteiger partial charge >= 0.3 is 0 Å². The SMILES string of the molecule is CCCCNC(=O)CCNC(=O)c1ccc(Br)o1. The lowest BCUT2D eigenvalue weighted by molar-refractivity contribution is -0.120. The van der Waals surface area contributed by atoms with Crippen molar-refractivity contribution in [1.82, 2.24) is 10.6 Å². The molecule has 0 aliphatic rings. The van der Waals surface area contributed by atoms with Crippen molar-refractivity contribution in [2.24, 2.45) is 0 Å². The Kier molecular flexibility index (Phi) is 6.49. The summed E-state index contributed by atoms with van der Waals surface area (Å²) in [5, 5.41) is 5.40. The first-order valence-electron chi connectivity index (χ1n) is 5.93. The van der Waals surface area contributed by atoms with Crippen LogP contribution < -0.4 is 10.6 Å². The van der Waals surface area contributed by atoms with Crippen molar-refractivity contribution < 1.29 is 14.0 Å². The van der Waals surface area contributed by atoms with E-state index in [0.29, 0.717) is 17.8 Å². The second kappa shape index (κ2) is 7.92. The van der Waals surface area contributed by atoms with Crippen LogP contribution in [0.2, 0.25) is 0 Å². The Morgan fingerprint density at radius 3 is 2.67 bits per heavy atom. The molecule has 6 heteroatoms. The van der Waals surface area contributed by atoms with Crippen LogP contribution >= 0.6 is 15.9 Å². The monoisotopic (exact) mass is 316 g/mol. The Morgan fingerprint density at radius 1 is 1.28 bits per heavy atom. The van der Waals surface area contributed by atoms with Gasteiger partial charge in [0, 0.05) is 19.5 Å². The van der Waals surface area contributed by atoms with Crippen LogP contribution in [0.4, 0.5) is 0 Å². The molecule has 1 aromatic rings. The van der Waals surface area contributed by atoms with Gasteiger partial charge < -0.3 is 15.1 Å². The molecular formula is C12H17BrN2O3. The molecule has 0 saturated heterocycles. The van der Waals surface area contributed by atoms with Gasteiger partial charge in [0.15, 0.2) is 10.4 Å². The first kappa shape index (κ1) is 14.8. The molecule has 0 saturated carbocycles. The third-order valence-electron chi connectivity index (χ3n) is 2.29. The number of rotatable bonds is 7. The largest absolute Gasteiger partial charge is 0.444 e. The molecule has 1 aromatic heterocycles. The van der Waals surface area contributed by atoms with Crippen LogP contribution in [-0.4, -0.2) is 24.9 Å². The van der Waals surface area contributed by atoms with Crippen molar-refractivity contribution in [1.29, 1.82) is 0 Å². The molecule has 1 rings (SSSR count). The minimum Gasteiger partial charge on any atom is -0.444 e. The first-order chi connectivity index (χ1) is 8.63. The van der Waals surface area contributed by atoms with Crippen molar-refractivity contribution in [3.05, 3.63) is 22.6 Å². The molecule has 18 heavy (non-hydrogen) atoms. The summed E-state index contributed by atoms with van der Waals surface area (Å²) in [7, 11) is 0. The third-order valence-corrected chi connectivity index (χ3v) is 2.71. The Labute approximate surface area is 114 Å². The number of nitrogens with one attached hydrogen (secondary N) is 2. The molecule has 5 nitrogen and oxygen atoms in total. The Balaban J connectivity index is 2.17. The van der Waals surface area contributed by atoms with Gasteiger partial charge in [-0.05, 0) is 34.5 Å². The number of amides is 2. The fraction of sp³-hybridized carbons (Fsp3) is 0.500. The Hall–Kier alpha value is -1.30. The lowest BCUT2D eigenvalue weighted by Gasteiger charge is -2.05. The lowest BCUT2D eigenvalue weighted by Crippen LogP contribution is -2.31. The molecular weight excluding hydrogens is 300 g/mol. The highest BCUT2D eigenvalue weighted by Gasteiger charge is 2.10. The molecule has 1 heterocycles. The number of furan rings is 1. The van der Waals surface area contributed by atoms with E-state index in [1.165, 1.54) is 0 Å². The molecule has 0 atom stereocenters. The van der Waals surface area contributed by atoms with Crippen LogP contribution in [0.15, 0.2) is 21.2 Å². The molecule has 2 amide bonds. The molecule has 0 unspecified atom stereocenters. The molecule has 0 aliphatic heterocycles. The van der Waals surface area contributed by atoms with Crippen molar-refractivity contribution >= 4 is 27.7 Å². The van der Waals surface area contributed by atoms with Crippen molar-refractivity contribution in [3.63, 3.8) is 0 Å². The number of hydrogen-bond acceptors (Lipinski definition) is 3. The molecule has 2 N–H and O–H groups in total. The fourth-order valence-electron chi connectivity index (χ4n) is 1.31. The van der Waals surface area contributed by atoms with E-state index in [1.54, 1.807) is 12.1 Å². The van der Waals surface area contributed by atoms with Crippen LogP contribution in [0.25, 0.3) is 0 Å². The molecule has 0 fully saturated rings. The van der Waals surface area contributed by atoms with Gasteiger partial charge in [-0.1, -0.05) is 13.3 Å². The predicted octanol–water partition coefficient (Wildman–Crippen LogP) is 2.08. The third kappa shape index (κ3) is 5.35. The maximum absolute atomic E-state index is 11.5. The van der Waals surface area contributed by atoms with Crippen LogP contribution in [0.1, 0.15) is 36.7 Å². The normalized spacial score (nSPS) is 10.1. The van der Waals surface area contributed by atoms with E-state index in [9.17, 15) is 9.59 Å². The molecule has 0 spiro atoms. The Bertz CT molecular complexity index is 404. The molecule has 0 aliphatic carbocycles. The summed E-state index contributed by atoms with van der Waals surface area (Å²) in [5.41, 5.74) is 0. The van der Waals surface area contributed by atoms with Gasteiger partial charge in [0.25, 0.3) is 5.91 Å². The number of carbonyl (C=O) groups excluding carboxylic acids is 2. The zero-order valence-corrected chi connectivity index (χ0v) is 11.9. The average Bonchev–Trinajstić information content (AvgIpc) is 2.76. The van der Waals surface area contributed by atoms with Gasteiger partial charge in [0.1, 0.15) is 0 Å². The van der Waals surface area contributed by atoms with Crippen LogP contribution in [-0.2, 0) is 4.79 Å². The summed E-state index contributed by atoms with van der Waals surface area (Å²) < 4.78 is 5.59. The number of hydrogen-bond donors (Lipinski definition) is 2. The van der Waals surface area contributed by atoms with E-state index < -0.39 is 0 Å². The Morgan fingerprint density at radius 2 is 2.06 bits per heavy atom. The zero-order chi connectivity index (χ0) is 13.4. The van der Waals surface area contributed by atoms with E-state index in [0.717, 1.165) is 12.8 Å². The molecule has 0 bridgehead atoms. The second-order valence-electron chi connectivity index (χ2n) is 3.81. The summed E-state index contributed by atoms with van der Waals surface area (Å²) in [6.45, 7) is 3.05. The lowest BCUT2D eigenvalue weighted by atomic mass is 10.3. The topological polar surface area (TPSA) is 71.3 Å². The number of unbranched alkanes of at least 4 members (excludes halogenated alkanes) is 1. The summed E-state index contributed by atoms with van der Waals surface area (Å²) in [6.07, 6.45) is 2.29. The number of halogens is 1. The number of carbonyl (C=O) groups is 2. The van der Waals surface area contributed by atoms with Gasteiger partial charge in [0.05, 0.1) is 0 Å². The smallest absolute Gasteiger partial charge is 0.287 e. The van der Waals surface area contributed by atoms with E-state index in [2.05, 4.69) is 33.5 Å². The average molecular weight is 317 g/mol. The van der Waals surface area contributed by atoms with Gasteiger partial charge in [0.2, 0.25) is 5.91 Å². The van der Waals surface area contributed by atoms with Gasteiger partial charge in [-0.3, -0.25) is 9.59 Å². The van der Waals surface area contributed by atoms with Gasteiger partial charge in [-0.15, -0.1) is 0 Å². The van der Waals surface area contributed by atoms with E-state index in [1.807, 2.05) is 0 Å². The predicted molar refractivity (Wildman–Crippen MR) is 71.3 cm³/mol. The quantitative estimate of drug-likeness (QED) is 0.756. The zero-order valence-electron chi connectivity index (χ0n) is 10.3. The van der Waals surface area contributed by atoms with E-state index >= 15 is 0 Å².